The van der Waals surface area contributed by atoms with Crippen LogP contribution in [0.25, 0.3) is 0 Å². The summed E-state index contributed by atoms with van der Waals surface area (Å²) < 4.78 is 10.3. The lowest BCUT2D eigenvalue weighted by atomic mass is 9.48. The van der Waals surface area contributed by atoms with Crippen LogP contribution in [-0.4, -0.2) is 41.0 Å². The fraction of sp³-hybridized carbons (Fsp3) is 0.778. The summed E-state index contributed by atoms with van der Waals surface area (Å²) in [6.45, 7) is 1.81. The molecular formula is C18H26O6. The summed E-state index contributed by atoms with van der Waals surface area (Å²) in [4.78, 5) is 23.9. The van der Waals surface area contributed by atoms with Crippen LogP contribution in [0, 0.1) is 17.3 Å². The molecule has 0 spiro atoms. The van der Waals surface area contributed by atoms with Gasteiger partial charge in [0.05, 0.1) is 24.2 Å². The van der Waals surface area contributed by atoms with E-state index in [9.17, 15) is 14.7 Å². The van der Waals surface area contributed by atoms with Crippen LogP contribution in [0.15, 0.2) is 11.8 Å². The molecule has 4 saturated carbocycles. The number of allylic oxidation sites excluding steroid dienone is 1. The van der Waals surface area contributed by atoms with Crippen LogP contribution in [-0.2, 0) is 19.1 Å². The zero-order valence-corrected chi connectivity index (χ0v) is 14.1. The summed E-state index contributed by atoms with van der Waals surface area (Å²) >= 11 is 0. The Hall–Kier alpha value is -1.56. The summed E-state index contributed by atoms with van der Waals surface area (Å²) in [6.07, 6.45) is 6.61. The van der Waals surface area contributed by atoms with Gasteiger partial charge in [0.25, 0.3) is 0 Å². The molecule has 6 nitrogen and oxygen atoms in total. The van der Waals surface area contributed by atoms with E-state index >= 15 is 0 Å². The second kappa shape index (κ2) is 6.39. The molecule has 4 fully saturated rings. The van der Waals surface area contributed by atoms with Gasteiger partial charge in [-0.1, -0.05) is 0 Å². The van der Waals surface area contributed by atoms with Gasteiger partial charge < -0.3 is 19.7 Å². The van der Waals surface area contributed by atoms with Crippen LogP contribution in [0.2, 0.25) is 0 Å². The number of carbonyl (C=O) groups excluding carboxylic acids is 2. The molecule has 24 heavy (non-hydrogen) atoms. The lowest BCUT2D eigenvalue weighted by Crippen LogP contribution is -2.58. The average Bonchev–Trinajstić information content (AvgIpc) is 2.50. The van der Waals surface area contributed by atoms with Crippen LogP contribution in [0.1, 0.15) is 51.9 Å². The number of hydrogen-bond donors (Lipinski definition) is 2. The van der Waals surface area contributed by atoms with Gasteiger partial charge >= 0.3 is 11.9 Å². The molecule has 4 bridgehead atoms. The minimum absolute atomic E-state index is 0.0895. The van der Waals surface area contributed by atoms with E-state index < -0.39 is 22.7 Å². The summed E-state index contributed by atoms with van der Waals surface area (Å²) in [7, 11) is 0. The van der Waals surface area contributed by atoms with E-state index in [1.807, 2.05) is 0 Å². The van der Waals surface area contributed by atoms with E-state index in [4.69, 9.17) is 14.6 Å². The van der Waals surface area contributed by atoms with Crippen LogP contribution < -0.4 is 0 Å². The van der Waals surface area contributed by atoms with Gasteiger partial charge in [0.2, 0.25) is 0 Å². The quantitative estimate of drug-likeness (QED) is 0.334. The molecule has 0 aromatic heterocycles. The van der Waals surface area contributed by atoms with Crippen LogP contribution in [0.5, 0.6) is 0 Å². The van der Waals surface area contributed by atoms with Gasteiger partial charge in [-0.05, 0) is 63.4 Å². The number of aliphatic hydroxyl groups excluding tert-OH is 1. The summed E-state index contributed by atoms with van der Waals surface area (Å²) in [6, 6.07) is 0. The first-order valence-corrected chi connectivity index (χ1v) is 8.78. The van der Waals surface area contributed by atoms with Crippen LogP contribution in [0.4, 0.5) is 0 Å². The van der Waals surface area contributed by atoms with Gasteiger partial charge in [0.1, 0.15) is 0 Å². The highest BCUT2D eigenvalue weighted by molar-refractivity contribution is 5.85. The first-order valence-electron chi connectivity index (χ1n) is 8.78. The summed E-state index contributed by atoms with van der Waals surface area (Å²) in [5.74, 6) is -0.527. The van der Waals surface area contributed by atoms with Gasteiger partial charge in [-0.2, -0.15) is 0 Å². The monoisotopic (exact) mass is 338 g/mol. The zero-order valence-electron chi connectivity index (χ0n) is 14.1. The molecule has 2 atom stereocenters. The normalized spacial score (nSPS) is 37.3. The van der Waals surface area contributed by atoms with Crippen LogP contribution >= 0.6 is 0 Å². The van der Waals surface area contributed by atoms with Gasteiger partial charge in [0.15, 0.2) is 5.76 Å². The maximum atomic E-state index is 12.6. The van der Waals surface area contributed by atoms with Crippen molar-refractivity contribution in [3.8, 4) is 0 Å². The van der Waals surface area contributed by atoms with Gasteiger partial charge in [-0.15, -0.1) is 0 Å². The molecule has 0 saturated heterocycles. The molecule has 0 aromatic carbocycles. The third-order valence-electron chi connectivity index (χ3n) is 5.70. The number of hydrogen-bond acceptors (Lipinski definition) is 6. The second-order valence-corrected chi connectivity index (χ2v) is 7.77. The molecule has 0 amide bonds. The van der Waals surface area contributed by atoms with Crippen molar-refractivity contribution in [3.05, 3.63) is 11.8 Å². The zero-order chi connectivity index (χ0) is 17.4. The van der Waals surface area contributed by atoms with Crippen molar-refractivity contribution in [3.63, 3.8) is 0 Å². The molecule has 0 aliphatic heterocycles. The Morgan fingerprint density at radius 1 is 1.12 bits per heavy atom. The van der Waals surface area contributed by atoms with Crippen molar-refractivity contribution in [2.75, 3.05) is 13.2 Å². The summed E-state index contributed by atoms with van der Waals surface area (Å²) in [5.41, 5.74) is -1.19. The lowest BCUT2D eigenvalue weighted by Gasteiger charge is -2.58. The van der Waals surface area contributed by atoms with Gasteiger partial charge in [-0.3, -0.25) is 4.79 Å². The molecule has 4 aliphatic rings. The minimum atomic E-state index is -0.771. The first-order chi connectivity index (χ1) is 11.4. The van der Waals surface area contributed by atoms with Crippen LogP contribution in [0.3, 0.4) is 0 Å². The Bertz CT molecular complexity index is 538. The summed E-state index contributed by atoms with van der Waals surface area (Å²) in [5, 5.41) is 19.8. The Balaban J connectivity index is 1.45. The molecule has 4 rings (SSSR count). The Labute approximate surface area is 141 Å². The number of aliphatic hydroxyl groups is 2. The van der Waals surface area contributed by atoms with E-state index in [1.54, 1.807) is 0 Å². The highest BCUT2D eigenvalue weighted by Crippen LogP contribution is 2.61. The Kier molecular flexibility index (Phi) is 4.60. The SMILES string of the molecule is CC=C(O)C(=O)OCCCOC(=O)C12CC3CC(CC(O)(C3)C1)C2. The van der Waals surface area contributed by atoms with Crippen molar-refractivity contribution in [2.24, 2.45) is 17.3 Å². The van der Waals surface area contributed by atoms with Crippen molar-refractivity contribution < 1.29 is 29.3 Å². The van der Waals surface area contributed by atoms with Crippen molar-refractivity contribution in [1.82, 2.24) is 0 Å². The maximum absolute atomic E-state index is 12.6. The third kappa shape index (κ3) is 3.29. The van der Waals surface area contributed by atoms with E-state index in [-0.39, 0.29) is 19.2 Å². The number of esters is 2. The Morgan fingerprint density at radius 3 is 2.33 bits per heavy atom. The molecule has 134 valence electrons. The lowest BCUT2D eigenvalue weighted by molar-refractivity contribution is -0.196. The smallest absolute Gasteiger partial charge is 0.373 e. The highest BCUT2D eigenvalue weighted by atomic mass is 16.6. The van der Waals surface area contributed by atoms with E-state index in [0.717, 1.165) is 32.1 Å². The second-order valence-electron chi connectivity index (χ2n) is 7.77. The third-order valence-corrected chi connectivity index (χ3v) is 5.70. The predicted molar refractivity (Wildman–Crippen MR) is 85.0 cm³/mol. The number of ether oxygens (including phenoxy) is 2. The van der Waals surface area contributed by atoms with Gasteiger partial charge in [0, 0.05) is 6.42 Å². The highest BCUT2D eigenvalue weighted by Gasteiger charge is 2.60. The largest absolute Gasteiger partial charge is 0.502 e. The molecule has 0 heterocycles. The molecule has 4 aliphatic carbocycles. The van der Waals surface area contributed by atoms with Crippen molar-refractivity contribution >= 4 is 11.9 Å². The average molecular weight is 338 g/mol. The van der Waals surface area contributed by atoms with Crippen molar-refractivity contribution in [1.29, 1.82) is 0 Å². The molecule has 6 heteroatoms. The maximum Gasteiger partial charge on any atom is 0.373 e. The molecule has 0 aromatic rings. The van der Waals surface area contributed by atoms with Crippen molar-refractivity contribution in [2.45, 2.75) is 57.5 Å². The number of carbonyl (C=O) groups is 2. The van der Waals surface area contributed by atoms with E-state index in [1.165, 1.54) is 13.0 Å². The fourth-order valence-electron chi connectivity index (χ4n) is 5.19. The standard InChI is InChI=1S/C18H26O6/c1-2-14(19)15(20)23-4-3-5-24-16(21)17-7-12-6-13(8-17)10-18(22,9-12)11-17/h2,12-13,19,22H,3-11H2,1H3. The Morgan fingerprint density at radius 2 is 1.75 bits per heavy atom. The van der Waals surface area contributed by atoms with E-state index in [0.29, 0.717) is 24.7 Å². The molecule has 0 radical (unpaired) electrons. The molecule has 2 unspecified atom stereocenters. The van der Waals surface area contributed by atoms with E-state index in [2.05, 4.69) is 0 Å². The van der Waals surface area contributed by atoms with Gasteiger partial charge in [-0.25, -0.2) is 4.79 Å². The predicted octanol–water partition coefficient (Wildman–Crippen LogP) is 2.26. The first kappa shape index (κ1) is 17.3. The fourth-order valence-corrected chi connectivity index (χ4v) is 5.19. The molecular weight excluding hydrogens is 312 g/mol. The minimum Gasteiger partial charge on any atom is -0.502 e. The molecule has 2 N–H and O–H groups in total. The topological polar surface area (TPSA) is 93.1 Å². The number of rotatable bonds is 6.